The van der Waals surface area contributed by atoms with Crippen molar-refractivity contribution in [1.29, 1.82) is 0 Å². The average Bonchev–Trinajstić information content (AvgIpc) is 3.26. The molecule has 1 saturated carbocycles. The molecule has 1 aromatic rings. The predicted molar refractivity (Wildman–Crippen MR) is 83.7 cm³/mol. The maximum atomic E-state index is 13.5. The zero-order chi connectivity index (χ0) is 16.4. The van der Waals surface area contributed by atoms with Gasteiger partial charge in [-0.15, -0.1) is 0 Å². The number of nitrogens with one attached hydrogen (secondary N) is 1. The molecule has 2 amide bonds. The van der Waals surface area contributed by atoms with Crippen molar-refractivity contribution in [2.45, 2.75) is 38.6 Å². The highest BCUT2D eigenvalue weighted by Crippen LogP contribution is 2.34. The smallest absolute Gasteiger partial charge is 0.247 e. The molecule has 2 aliphatic rings. The molecule has 1 N–H and O–H groups in total. The Morgan fingerprint density at radius 1 is 1.35 bits per heavy atom. The van der Waals surface area contributed by atoms with Gasteiger partial charge in [-0.1, -0.05) is 0 Å². The van der Waals surface area contributed by atoms with Gasteiger partial charge in [0, 0.05) is 18.5 Å². The first-order chi connectivity index (χ1) is 11.1. The van der Waals surface area contributed by atoms with Crippen LogP contribution in [-0.4, -0.2) is 35.9 Å². The molecule has 6 heteroatoms. The van der Waals surface area contributed by atoms with E-state index >= 15 is 0 Å². The molecular formula is C17H21FN2O3. The molecule has 0 bridgehead atoms. The first-order valence-corrected chi connectivity index (χ1v) is 8.14. The lowest BCUT2D eigenvalue weighted by atomic mass is 10.2. The molecular weight excluding hydrogens is 299 g/mol. The molecule has 0 radical (unpaired) electrons. The number of hydrogen-bond donors (Lipinski definition) is 1. The van der Waals surface area contributed by atoms with E-state index in [1.807, 2.05) is 6.92 Å². The van der Waals surface area contributed by atoms with Crippen molar-refractivity contribution in [3.05, 3.63) is 24.0 Å². The Labute approximate surface area is 134 Å². The highest BCUT2D eigenvalue weighted by Gasteiger charge is 2.40. The van der Waals surface area contributed by atoms with Crippen LogP contribution in [-0.2, 0) is 9.59 Å². The summed E-state index contributed by atoms with van der Waals surface area (Å²) in [6.45, 7) is 2.86. The fraction of sp³-hybridized carbons (Fsp3) is 0.529. The molecule has 1 aromatic carbocycles. The van der Waals surface area contributed by atoms with Crippen LogP contribution in [0.2, 0.25) is 0 Å². The summed E-state index contributed by atoms with van der Waals surface area (Å²) in [5, 5.41) is 2.72. The van der Waals surface area contributed by atoms with Gasteiger partial charge in [0.1, 0.15) is 17.6 Å². The van der Waals surface area contributed by atoms with E-state index in [4.69, 9.17) is 4.74 Å². The summed E-state index contributed by atoms with van der Waals surface area (Å²) in [4.78, 5) is 26.5. The minimum Gasteiger partial charge on any atom is -0.492 e. The van der Waals surface area contributed by atoms with Crippen LogP contribution in [0.15, 0.2) is 18.2 Å². The van der Waals surface area contributed by atoms with E-state index in [0.717, 1.165) is 19.3 Å². The molecule has 1 aliphatic carbocycles. The van der Waals surface area contributed by atoms with Crippen molar-refractivity contribution < 1.29 is 18.7 Å². The molecule has 0 unspecified atom stereocenters. The van der Waals surface area contributed by atoms with Crippen LogP contribution in [0.25, 0.3) is 0 Å². The standard InChI is InChI=1S/C17H21FN2O3/c1-2-23-15-8-7-12(18)10-13(15)19-16(21)14-4-3-9-20(14)17(22)11-5-6-11/h7-8,10-11,14H,2-6,9H2,1H3,(H,19,21)/t14-/m1/s1. The molecule has 124 valence electrons. The Kier molecular flexibility index (Phi) is 4.50. The normalized spacial score (nSPS) is 20.4. The summed E-state index contributed by atoms with van der Waals surface area (Å²) in [6, 6.07) is 3.56. The third kappa shape index (κ3) is 3.46. The second kappa shape index (κ2) is 6.56. The van der Waals surface area contributed by atoms with Crippen LogP contribution in [0.5, 0.6) is 5.75 Å². The van der Waals surface area contributed by atoms with Gasteiger partial charge in [0.05, 0.1) is 12.3 Å². The summed E-state index contributed by atoms with van der Waals surface area (Å²) in [5.41, 5.74) is 0.308. The van der Waals surface area contributed by atoms with Crippen LogP contribution in [0.3, 0.4) is 0 Å². The van der Waals surface area contributed by atoms with Crippen LogP contribution in [0.1, 0.15) is 32.6 Å². The van der Waals surface area contributed by atoms with E-state index < -0.39 is 11.9 Å². The van der Waals surface area contributed by atoms with Crippen LogP contribution in [0.4, 0.5) is 10.1 Å². The van der Waals surface area contributed by atoms with Gasteiger partial charge < -0.3 is 15.0 Å². The highest BCUT2D eigenvalue weighted by molar-refractivity contribution is 5.99. The Morgan fingerprint density at radius 3 is 2.83 bits per heavy atom. The second-order valence-electron chi connectivity index (χ2n) is 6.03. The van der Waals surface area contributed by atoms with Crippen LogP contribution in [0, 0.1) is 11.7 Å². The molecule has 5 nitrogen and oxygen atoms in total. The Bertz CT molecular complexity index is 616. The molecule has 23 heavy (non-hydrogen) atoms. The van der Waals surface area contributed by atoms with Crippen molar-refractivity contribution in [1.82, 2.24) is 4.90 Å². The van der Waals surface area contributed by atoms with Gasteiger partial charge in [-0.25, -0.2) is 4.39 Å². The van der Waals surface area contributed by atoms with E-state index in [-0.39, 0.29) is 17.7 Å². The molecule has 1 saturated heterocycles. The van der Waals surface area contributed by atoms with E-state index in [9.17, 15) is 14.0 Å². The first-order valence-electron chi connectivity index (χ1n) is 8.14. The highest BCUT2D eigenvalue weighted by atomic mass is 19.1. The zero-order valence-corrected chi connectivity index (χ0v) is 13.2. The number of anilines is 1. The largest absolute Gasteiger partial charge is 0.492 e. The number of carbonyl (C=O) groups is 2. The lowest BCUT2D eigenvalue weighted by Crippen LogP contribution is -2.43. The summed E-state index contributed by atoms with van der Waals surface area (Å²) in [6.07, 6.45) is 3.30. The Balaban J connectivity index is 1.73. The van der Waals surface area contributed by atoms with Gasteiger partial charge in [-0.05, 0) is 44.7 Å². The number of rotatable bonds is 5. The van der Waals surface area contributed by atoms with Crippen molar-refractivity contribution in [2.75, 3.05) is 18.5 Å². The average molecular weight is 320 g/mol. The third-order valence-electron chi connectivity index (χ3n) is 4.26. The number of nitrogens with zero attached hydrogens (tertiary/aromatic N) is 1. The van der Waals surface area contributed by atoms with Crippen LogP contribution >= 0.6 is 0 Å². The fourth-order valence-corrected chi connectivity index (χ4v) is 2.97. The van der Waals surface area contributed by atoms with Crippen molar-refractivity contribution in [3.63, 3.8) is 0 Å². The van der Waals surface area contributed by atoms with Crippen molar-refractivity contribution in [3.8, 4) is 5.75 Å². The molecule has 3 rings (SSSR count). The molecule has 1 atom stereocenters. The topological polar surface area (TPSA) is 58.6 Å². The van der Waals surface area contributed by atoms with E-state index in [1.54, 1.807) is 4.90 Å². The van der Waals surface area contributed by atoms with Gasteiger partial charge in [0.15, 0.2) is 0 Å². The summed E-state index contributed by atoms with van der Waals surface area (Å²) >= 11 is 0. The Morgan fingerprint density at radius 2 is 2.13 bits per heavy atom. The quantitative estimate of drug-likeness (QED) is 0.907. The first kappa shape index (κ1) is 15.8. The van der Waals surface area contributed by atoms with Gasteiger partial charge in [0.25, 0.3) is 0 Å². The predicted octanol–water partition coefficient (Wildman–Crippen LogP) is 2.56. The maximum absolute atomic E-state index is 13.5. The van der Waals surface area contributed by atoms with Crippen molar-refractivity contribution >= 4 is 17.5 Å². The summed E-state index contributed by atoms with van der Waals surface area (Å²) in [7, 11) is 0. The number of ether oxygens (including phenoxy) is 1. The minimum absolute atomic E-state index is 0.0759. The lowest BCUT2D eigenvalue weighted by molar-refractivity contribution is -0.137. The van der Waals surface area contributed by atoms with Crippen LogP contribution < -0.4 is 10.1 Å². The van der Waals surface area contributed by atoms with Gasteiger partial charge >= 0.3 is 0 Å². The number of hydrogen-bond acceptors (Lipinski definition) is 3. The van der Waals surface area contributed by atoms with E-state index in [1.165, 1.54) is 18.2 Å². The zero-order valence-electron chi connectivity index (χ0n) is 13.2. The summed E-state index contributed by atoms with van der Waals surface area (Å²) < 4.78 is 18.9. The molecule has 1 aliphatic heterocycles. The van der Waals surface area contributed by atoms with Gasteiger partial charge in [0.2, 0.25) is 11.8 Å². The SMILES string of the molecule is CCOc1ccc(F)cc1NC(=O)[C@H]1CCCN1C(=O)C1CC1. The van der Waals surface area contributed by atoms with Gasteiger partial charge in [-0.2, -0.15) is 0 Å². The molecule has 2 fully saturated rings. The fourth-order valence-electron chi connectivity index (χ4n) is 2.97. The van der Waals surface area contributed by atoms with E-state index in [2.05, 4.69) is 5.32 Å². The molecule has 1 heterocycles. The lowest BCUT2D eigenvalue weighted by Gasteiger charge is -2.24. The number of halogens is 1. The molecule has 0 spiro atoms. The number of benzene rings is 1. The molecule has 0 aromatic heterocycles. The monoisotopic (exact) mass is 320 g/mol. The third-order valence-corrected chi connectivity index (χ3v) is 4.26. The number of carbonyl (C=O) groups excluding carboxylic acids is 2. The van der Waals surface area contributed by atoms with Gasteiger partial charge in [-0.3, -0.25) is 9.59 Å². The summed E-state index contributed by atoms with van der Waals surface area (Å²) in [5.74, 6) is -0.118. The minimum atomic E-state index is -0.471. The maximum Gasteiger partial charge on any atom is 0.247 e. The van der Waals surface area contributed by atoms with Crippen molar-refractivity contribution in [2.24, 2.45) is 5.92 Å². The second-order valence-corrected chi connectivity index (χ2v) is 6.03. The number of likely N-dealkylation sites (tertiary alicyclic amines) is 1. The number of amides is 2. The Hall–Kier alpha value is -2.11. The van der Waals surface area contributed by atoms with E-state index in [0.29, 0.717) is 31.0 Å².